The van der Waals surface area contributed by atoms with Crippen molar-refractivity contribution in [2.75, 3.05) is 25.6 Å². The predicted molar refractivity (Wildman–Crippen MR) is 115 cm³/mol. The third-order valence-corrected chi connectivity index (χ3v) is 7.04. The summed E-state index contributed by atoms with van der Waals surface area (Å²) in [6, 6.07) is 9.82. The second-order valence-electron chi connectivity index (χ2n) is 7.89. The van der Waals surface area contributed by atoms with Gasteiger partial charge in [-0.15, -0.1) is 0 Å². The van der Waals surface area contributed by atoms with Crippen molar-refractivity contribution in [1.29, 1.82) is 0 Å². The number of nitrogens with zero attached hydrogens (tertiary/aromatic N) is 2. The summed E-state index contributed by atoms with van der Waals surface area (Å²) in [4.78, 5) is 19.5. The van der Waals surface area contributed by atoms with Gasteiger partial charge in [-0.3, -0.25) is 4.79 Å². The molecule has 31 heavy (non-hydrogen) atoms. The highest BCUT2D eigenvalue weighted by Gasteiger charge is 2.32. The summed E-state index contributed by atoms with van der Waals surface area (Å²) in [5.41, 5.74) is 9.92. The Hall–Kier alpha value is -3.17. The molecule has 3 heterocycles. The number of carbonyl (C=O) groups excluding carboxylic acids is 1. The first-order valence-corrected chi connectivity index (χ1v) is 11.7. The summed E-state index contributed by atoms with van der Waals surface area (Å²) < 4.78 is 34.8. The lowest BCUT2D eigenvalue weighted by molar-refractivity contribution is 0.0708. The van der Waals surface area contributed by atoms with Crippen LogP contribution in [0, 0.1) is 0 Å². The van der Waals surface area contributed by atoms with Gasteiger partial charge < -0.3 is 20.1 Å². The van der Waals surface area contributed by atoms with Gasteiger partial charge in [0.15, 0.2) is 9.84 Å². The Bertz CT molecular complexity index is 1350. The molecule has 1 aromatic heterocycles. The number of hydrogen-bond donors (Lipinski definition) is 1. The van der Waals surface area contributed by atoms with Crippen LogP contribution in [0.15, 0.2) is 41.3 Å². The van der Waals surface area contributed by atoms with E-state index in [2.05, 4.69) is 4.98 Å². The molecule has 0 bridgehead atoms. The number of pyridine rings is 1. The number of anilines is 1. The highest BCUT2D eigenvalue weighted by atomic mass is 32.2. The first-order valence-electron chi connectivity index (χ1n) is 9.76. The number of carbonyl (C=O) groups is 1. The standard InChI is InChI=1S/C22H21N3O5S/c1-25(19-11-30-20-8-13(31(2,27)28)4-5-14(19)20)22(26)12-3-6-18-15(7-12)16-9-29-10-17(16)21(23)24-18/h3-8,19H,9-11H2,1-2H3,(H2,23,24)/t19-/m0/s1. The van der Waals surface area contributed by atoms with Crippen molar-refractivity contribution >= 4 is 32.5 Å². The largest absolute Gasteiger partial charge is 0.491 e. The second kappa shape index (κ2) is 6.93. The molecule has 0 unspecified atom stereocenters. The number of aromatic nitrogens is 1. The van der Waals surface area contributed by atoms with Gasteiger partial charge in [-0.05, 0) is 35.9 Å². The van der Waals surface area contributed by atoms with E-state index in [1.54, 1.807) is 36.2 Å². The summed E-state index contributed by atoms with van der Waals surface area (Å²) >= 11 is 0. The van der Waals surface area contributed by atoms with Crippen LogP contribution < -0.4 is 10.5 Å². The number of hydrogen-bond acceptors (Lipinski definition) is 7. The van der Waals surface area contributed by atoms with Crippen LogP contribution in [0.4, 0.5) is 5.82 Å². The van der Waals surface area contributed by atoms with Crippen molar-refractivity contribution in [1.82, 2.24) is 9.88 Å². The minimum absolute atomic E-state index is 0.167. The molecule has 0 radical (unpaired) electrons. The Morgan fingerprint density at radius 1 is 1.16 bits per heavy atom. The van der Waals surface area contributed by atoms with Crippen molar-refractivity contribution in [3.05, 3.63) is 58.7 Å². The number of likely N-dealkylation sites (N-methyl/N-ethyl adjacent to an activating group) is 1. The van der Waals surface area contributed by atoms with Gasteiger partial charge in [0, 0.05) is 35.4 Å². The highest BCUT2D eigenvalue weighted by Crippen LogP contribution is 2.38. The number of nitrogens with two attached hydrogens (primary N) is 1. The van der Waals surface area contributed by atoms with Crippen LogP contribution >= 0.6 is 0 Å². The monoisotopic (exact) mass is 439 g/mol. The van der Waals surface area contributed by atoms with Gasteiger partial charge in [0.2, 0.25) is 0 Å². The molecule has 9 heteroatoms. The number of amides is 1. The molecule has 8 nitrogen and oxygen atoms in total. The van der Waals surface area contributed by atoms with Crippen molar-refractivity contribution < 1.29 is 22.7 Å². The molecule has 1 amide bonds. The molecule has 1 atom stereocenters. The quantitative estimate of drug-likeness (QED) is 0.667. The van der Waals surface area contributed by atoms with Crippen LogP contribution in [-0.2, 0) is 27.8 Å². The van der Waals surface area contributed by atoms with Crippen LogP contribution in [0.2, 0.25) is 0 Å². The number of nitrogen functional groups attached to an aromatic ring is 1. The Morgan fingerprint density at radius 3 is 2.71 bits per heavy atom. The second-order valence-corrected chi connectivity index (χ2v) is 9.91. The van der Waals surface area contributed by atoms with Crippen LogP contribution in [0.25, 0.3) is 10.9 Å². The number of ether oxygens (including phenoxy) is 2. The number of fused-ring (bicyclic) bond motifs is 4. The zero-order valence-electron chi connectivity index (χ0n) is 17.1. The molecule has 0 aliphatic carbocycles. The average molecular weight is 439 g/mol. The normalized spacial score (nSPS) is 17.3. The molecule has 0 saturated carbocycles. The van der Waals surface area contributed by atoms with Crippen molar-refractivity contribution in [3.63, 3.8) is 0 Å². The van der Waals surface area contributed by atoms with Crippen molar-refractivity contribution in [2.45, 2.75) is 24.2 Å². The van der Waals surface area contributed by atoms with E-state index in [1.165, 1.54) is 6.07 Å². The summed E-state index contributed by atoms with van der Waals surface area (Å²) in [6.07, 6.45) is 1.15. The van der Waals surface area contributed by atoms with Gasteiger partial charge in [-0.1, -0.05) is 6.07 Å². The minimum atomic E-state index is -3.34. The lowest BCUT2D eigenvalue weighted by atomic mass is 10.0. The van der Waals surface area contributed by atoms with Crippen LogP contribution in [-0.4, -0.2) is 44.1 Å². The maximum Gasteiger partial charge on any atom is 0.254 e. The van der Waals surface area contributed by atoms with E-state index in [1.807, 2.05) is 6.07 Å². The number of sulfone groups is 1. The van der Waals surface area contributed by atoms with Gasteiger partial charge in [-0.25, -0.2) is 13.4 Å². The predicted octanol–water partition coefficient (Wildman–Crippen LogP) is 2.46. The maximum atomic E-state index is 13.3. The zero-order chi connectivity index (χ0) is 21.9. The van der Waals surface area contributed by atoms with Gasteiger partial charge in [0.25, 0.3) is 5.91 Å². The molecule has 2 aromatic carbocycles. The van der Waals surface area contributed by atoms with Gasteiger partial charge in [-0.2, -0.15) is 0 Å². The molecular weight excluding hydrogens is 418 g/mol. The van der Waals surface area contributed by atoms with E-state index < -0.39 is 9.84 Å². The third-order valence-electron chi connectivity index (χ3n) is 5.93. The first kappa shape index (κ1) is 19.8. The average Bonchev–Trinajstić information content (AvgIpc) is 3.39. The number of benzene rings is 2. The van der Waals surface area contributed by atoms with Crippen molar-refractivity contribution in [3.8, 4) is 5.75 Å². The minimum Gasteiger partial charge on any atom is -0.491 e. The van der Waals surface area contributed by atoms with E-state index in [4.69, 9.17) is 15.2 Å². The Kier molecular flexibility index (Phi) is 4.42. The summed E-state index contributed by atoms with van der Waals surface area (Å²) in [6.45, 7) is 1.13. The molecule has 0 fully saturated rings. The molecule has 3 aromatic rings. The summed E-state index contributed by atoms with van der Waals surface area (Å²) in [5.74, 6) is 0.783. The molecule has 2 aliphatic heterocycles. The maximum absolute atomic E-state index is 13.3. The lowest BCUT2D eigenvalue weighted by Crippen LogP contribution is -2.32. The van der Waals surface area contributed by atoms with E-state index >= 15 is 0 Å². The lowest BCUT2D eigenvalue weighted by Gasteiger charge is -2.24. The molecule has 2 aliphatic rings. The zero-order valence-corrected chi connectivity index (χ0v) is 17.9. The van der Waals surface area contributed by atoms with E-state index in [0.717, 1.165) is 33.8 Å². The molecule has 5 rings (SSSR count). The van der Waals surface area contributed by atoms with Crippen LogP contribution in [0.5, 0.6) is 5.75 Å². The Morgan fingerprint density at radius 2 is 1.94 bits per heavy atom. The topological polar surface area (TPSA) is 112 Å². The SMILES string of the molecule is CN(C(=O)c1ccc2nc(N)c3c(c2c1)COC3)[C@H]1COc2cc(S(C)(=O)=O)ccc21. The highest BCUT2D eigenvalue weighted by molar-refractivity contribution is 7.90. The van der Waals surface area contributed by atoms with E-state index in [9.17, 15) is 13.2 Å². The summed E-state index contributed by atoms with van der Waals surface area (Å²) in [7, 11) is -1.62. The van der Waals surface area contributed by atoms with Crippen LogP contribution in [0.3, 0.4) is 0 Å². The van der Waals surface area contributed by atoms with Gasteiger partial charge in [0.05, 0.1) is 29.7 Å². The van der Waals surface area contributed by atoms with Gasteiger partial charge in [0.1, 0.15) is 18.2 Å². The van der Waals surface area contributed by atoms with E-state index in [0.29, 0.717) is 30.3 Å². The molecule has 2 N–H and O–H groups in total. The first-order chi connectivity index (χ1) is 14.7. The fraction of sp³-hybridized carbons (Fsp3) is 0.273. The summed E-state index contributed by atoms with van der Waals surface area (Å²) in [5, 5.41) is 0.863. The van der Waals surface area contributed by atoms with Gasteiger partial charge >= 0.3 is 0 Å². The van der Waals surface area contributed by atoms with Crippen molar-refractivity contribution in [2.24, 2.45) is 0 Å². The van der Waals surface area contributed by atoms with Crippen LogP contribution in [0.1, 0.15) is 33.1 Å². The Labute approximate surface area is 179 Å². The molecule has 0 spiro atoms. The number of rotatable bonds is 3. The molecular formula is C22H21N3O5S. The third kappa shape index (κ3) is 3.21. The smallest absolute Gasteiger partial charge is 0.254 e. The fourth-order valence-electron chi connectivity index (χ4n) is 4.17. The molecule has 0 saturated heterocycles. The van der Waals surface area contributed by atoms with E-state index in [-0.39, 0.29) is 23.5 Å². The molecule has 160 valence electrons. The fourth-order valence-corrected chi connectivity index (χ4v) is 4.81. The Balaban J connectivity index is 1.48.